The Bertz CT molecular complexity index is 228. The largest absolute Gasteiger partial charge is 1.00 e. The minimum atomic E-state index is 0. The van der Waals surface area contributed by atoms with Crippen molar-refractivity contribution < 1.29 is 56.9 Å². The van der Waals surface area contributed by atoms with Gasteiger partial charge in [0.05, 0.1) is 55.4 Å². The molecule has 0 radical (unpaired) electrons. The van der Waals surface area contributed by atoms with Crippen LogP contribution >= 0.6 is 25.3 Å². The van der Waals surface area contributed by atoms with E-state index in [2.05, 4.69) is 42.3 Å². The Morgan fingerprint density at radius 2 is 0.864 bits per heavy atom. The Morgan fingerprint density at radius 3 is 1.09 bits per heavy atom. The maximum atomic E-state index is 4.74. The highest BCUT2D eigenvalue weighted by Crippen LogP contribution is 2.21. The van der Waals surface area contributed by atoms with Gasteiger partial charge < -0.3 is 56.9 Å². The molecule has 0 aliphatic carbocycles. The van der Waals surface area contributed by atoms with E-state index in [9.17, 15) is 0 Å². The van der Waals surface area contributed by atoms with Gasteiger partial charge in [0.1, 0.15) is 0 Å². The third kappa shape index (κ3) is 20.1. The second-order valence-corrected chi connectivity index (χ2v) is 9.48. The van der Waals surface area contributed by atoms with Crippen molar-refractivity contribution in [1.82, 2.24) is 0 Å². The van der Waals surface area contributed by atoms with Crippen molar-refractivity contribution in [3.05, 3.63) is 0 Å². The Balaban J connectivity index is -0.00000180. The smallest absolute Gasteiger partial charge is 0.0780 e. The lowest BCUT2D eigenvalue weighted by Gasteiger charge is -2.25. The quantitative estimate of drug-likeness (QED) is 0.114. The minimum Gasteiger partial charge on any atom is -1.00 e. The SMILES string of the molecule is C[N+](C)(C)CCCCC(S)C(S)CCCC[N+](C)(C)C.[I-].[I-]. The van der Waals surface area contributed by atoms with Crippen molar-refractivity contribution in [1.29, 1.82) is 0 Å². The summed E-state index contributed by atoms with van der Waals surface area (Å²) in [5.41, 5.74) is 0. The molecule has 0 aliphatic heterocycles. The highest BCUT2D eigenvalue weighted by Gasteiger charge is 2.15. The Hall–Kier alpha value is 2.08. The second kappa shape index (κ2) is 14.3. The topological polar surface area (TPSA) is 0 Å². The molecule has 0 bridgehead atoms. The molecule has 0 aromatic carbocycles. The van der Waals surface area contributed by atoms with E-state index in [1.165, 1.54) is 51.6 Å². The third-order valence-corrected chi connectivity index (χ3v) is 5.07. The molecule has 0 saturated heterocycles. The summed E-state index contributed by atoms with van der Waals surface area (Å²) in [5.74, 6) is 0. The molecule has 0 rings (SSSR count). The summed E-state index contributed by atoms with van der Waals surface area (Å²) >= 11 is 9.49. The van der Waals surface area contributed by atoms with Crippen molar-refractivity contribution in [3.63, 3.8) is 0 Å². The predicted octanol–water partition coefficient (Wildman–Crippen LogP) is -2.66. The highest BCUT2D eigenvalue weighted by molar-refractivity contribution is 7.85. The number of hydrogen-bond donors (Lipinski definition) is 2. The lowest BCUT2D eigenvalue weighted by atomic mass is 10.1. The van der Waals surface area contributed by atoms with Gasteiger partial charge in [0.15, 0.2) is 0 Å². The maximum Gasteiger partial charge on any atom is 0.0780 e. The standard InChI is InChI=1S/C16H36N2S2.2HI/c1-17(2,3)13-9-7-11-15(19)16(20)12-8-10-14-18(4,5)6;;/h15-16H,7-14H2,1-6H3;2*1H. The number of halogens is 2. The van der Waals surface area contributed by atoms with Gasteiger partial charge in [-0.3, -0.25) is 0 Å². The van der Waals surface area contributed by atoms with Crippen molar-refractivity contribution in [2.75, 3.05) is 55.4 Å². The number of hydrogen-bond acceptors (Lipinski definition) is 2. The van der Waals surface area contributed by atoms with Gasteiger partial charge in [-0.05, 0) is 38.5 Å². The highest BCUT2D eigenvalue weighted by atomic mass is 127. The molecule has 0 heterocycles. The molecule has 0 aromatic rings. The first kappa shape index (κ1) is 28.9. The van der Waals surface area contributed by atoms with Gasteiger partial charge in [0.2, 0.25) is 0 Å². The average molecular weight is 576 g/mol. The van der Waals surface area contributed by atoms with Crippen LogP contribution in [0.2, 0.25) is 0 Å². The van der Waals surface area contributed by atoms with E-state index in [1.807, 2.05) is 0 Å². The van der Waals surface area contributed by atoms with E-state index in [1.54, 1.807) is 0 Å². The summed E-state index contributed by atoms with van der Waals surface area (Å²) in [6.07, 6.45) is 7.55. The van der Waals surface area contributed by atoms with Crippen LogP contribution in [0.15, 0.2) is 0 Å². The second-order valence-electron chi connectivity index (χ2n) is 8.15. The fraction of sp³-hybridized carbons (Fsp3) is 1.00. The number of unbranched alkanes of at least 4 members (excludes halogenated alkanes) is 2. The molecular weight excluding hydrogens is 538 g/mol. The van der Waals surface area contributed by atoms with Crippen LogP contribution in [0.5, 0.6) is 0 Å². The number of thiol groups is 2. The third-order valence-electron chi connectivity index (χ3n) is 3.60. The summed E-state index contributed by atoms with van der Waals surface area (Å²) in [7, 11) is 13.5. The fourth-order valence-corrected chi connectivity index (χ4v) is 2.93. The van der Waals surface area contributed by atoms with Gasteiger partial charge >= 0.3 is 0 Å². The van der Waals surface area contributed by atoms with Crippen molar-refractivity contribution in [2.24, 2.45) is 0 Å². The molecule has 0 spiro atoms. The molecule has 0 fully saturated rings. The maximum absolute atomic E-state index is 4.74. The monoisotopic (exact) mass is 576 g/mol. The molecule has 0 amide bonds. The van der Waals surface area contributed by atoms with Crippen LogP contribution in [0.3, 0.4) is 0 Å². The Labute approximate surface area is 185 Å². The summed E-state index contributed by atoms with van der Waals surface area (Å²) in [6.45, 7) is 2.50. The van der Waals surface area contributed by atoms with E-state index in [4.69, 9.17) is 25.3 Å². The van der Waals surface area contributed by atoms with Crippen molar-refractivity contribution in [2.45, 2.75) is 49.0 Å². The van der Waals surface area contributed by atoms with E-state index < -0.39 is 0 Å². The van der Waals surface area contributed by atoms with Crippen LogP contribution in [0, 0.1) is 0 Å². The van der Waals surface area contributed by atoms with E-state index in [0.29, 0.717) is 10.5 Å². The van der Waals surface area contributed by atoms with Crippen molar-refractivity contribution >= 4 is 25.3 Å². The van der Waals surface area contributed by atoms with Gasteiger partial charge in [0.25, 0.3) is 0 Å². The molecule has 22 heavy (non-hydrogen) atoms. The Kier molecular flexibility index (Phi) is 18.7. The van der Waals surface area contributed by atoms with Crippen LogP contribution in [0.25, 0.3) is 0 Å². The van der Waals surface area contributed by atoms with E-state index >= 15 is 0 Å². The molecule has 2 atom stereocenters. The van der Waals surface area contributed by atoms with Crippen LogP contribution in [0.1, 0.15) is 38.5 Å². The van der Waals surface area contributed by atoms with Crippen molar-refractivity contribution in [3.8, 4) is 0 Å². The van der Waals surface area contributed by atoms with Crippen LogP contribution in [-0.4, -0.2) is 74.8 Å². The lowest BCUT2D eigenvalue weighted by molar-refractivity contribution is -0.870. The fourth-order valence-electron chi connectivity index (χ4n) is 2.26. The lowest BCUT2D eigenvalue weighted by Crippen LogP contribution is -3.00. The summed E-state index contributed by atoms with van der Waals surface area (Å²) in [6, 6.07) is 0. The molecule has 0 N–H and O–H groups in total. The van der Waals surface area contributed by atoms with Crippen LogP contribution in [0.4, 0.5) is 0 Å². The molecule has 2 unspecified atom stereocenters. The van der Waals surface area contributed by atoms with Gasteiger partial charge in [-0.15, -0.1) is 0 Å². The van der Waals surface area contributed by atoms with Gasteiger partial charge in [0, 0.05) is 10.5 Å². The zero-order valence-corrected chi connectivity index (χ0v) is 21.5. The van der Waals surface area contributed by atoms with E-state index in [-0.39, 0.29) is 48.0 Å². The summed E-state index contributed by atoms with van der Waals surface area (Å²) in [4.78, 5) is 0. The molecule has 2 nitrogen and oxygen atoms in total. The zero-order valence-electron chi connectivity index (χ0n) is 15.4. The zero-order chi connectivity index (χ0) is 15.8. The predicted molar refractivity (Wildman–Crippen MR) is 99.0 cm³/mol. The first-order chi connectivity index (χ1) is 9.01. The summed E-state index contributed by atoms with van der Waals surface area (Å²) < 4.78 is 2.12. The van der Waals surface area contributed by atoms with Gasteiger partial charge in [-0.1, -0.05) is 0 Å². The number of rotatable bonds is 11. The minimum absolute atomic E-state index is 0. The number of quaternary nitrogens is 2. The molecule has 138 valence electrons. The number of nitrogens with zero attached hydrogens (tertiary/aromatic N) is 2. The van der Waals surface area contributed by atoms with Crippen LogP contribution in [-0.2, 0) is 0 Å². The van der Waals surface area contributed by atoms with Crippen LogP contribution < -0.4 is 48.0 Å². The molecule has 0 aromatic heterocycles. The Morgan fingerprint density at radius 1 is 0.591 bits per heavy atom. The average Bonchev–Trinajstić information content (AvgIpc) is 2.27. The first-order valence-corrected chi connectivity index (χ1v) is 9.01. The van der Waals surface area contributed by atoms with Gasteiger partial charge in [-0.2, -0.15) is 25.3 Å². The normalized spacial score (nSPS) is 14.7. The molecule has 0 aliphatic rings. The van der Waals surface area contributed by atoms with E-state index in [0.717, 1.165) is 8.97 Å². The molecule has 6 heteroatoms. The molecular formula is C16H38I2N2S2. The summed E-state index contributed by atoms with van der Waals surface area (Å²) in [5, 5.41) is 0.907. The van der Waals surface area contributed by atoms with Gasteiger partial charge in [-0.25, -0.2) is 0 Å². The molecule has 0 saturated carbocycles. The first-order valence-electron chi connectivity index (χ1n) is 7.98.